The number of aliphatic carboxylic acids is 1. The molecule has 126 valence electrons. The summed E-state index contributed by atoms with van der Waals surface area (Å²) in [6.45, 7) is 3.56. The number of methoxy groups -OCH3 is 1. The molecule has 0 saturated carbocycles. The number of benzene rings is 2. The predicted octanol–water partition coefficient (Wildman–Crippen LogP) is 3.12. The molecule has 1 amide bonds. The fourth-order valence-electron chi connectivity index (χ4n) is 2.46. The van der Waals surface area contributed by atoms with Crippen LogP contribution in [0.25, 0.3) is 0 Å². The van der Waals surface area contributed by atoms with Crippen molar-refractivity contribution >= 4 is 11.9 Å². The summed E-state index contributed by atoms with van der Waals surface area (Å²) in [5, 5.41) is 9.36. The molecule has 0 bridgehead atoms. The second-order valence-corrected chi connectivity index (χ2v) is 5.61. The van der Waals surface area contributed by atoms with E-state index in [1.165, 1.54) is 11.8 Å². The van der Waals surface area contributed by atoms with Crippen molar-refractivity contribution in [2.75, 3.05) is 7.11 Å². The molecule has 2 aromatic rings. The van der Waals surface area contributed by atoms with E-state index in [1.807, 2.05) is 37.3 Å². The van der Waals surface area contributed by atoms with Gasteiger partial charge >= 0.3 is 5.97 Å². The Bertz CT molecular complexity index is 727. The summed E-state index contributed by atoms with van der Waals surface area (Å²) < 4.78 is 5.15. The van der Waals surface area contributed by atoms with Gasteiger partial charge in [0.15, 0.2) is 0 Å². The fourth-order valence-corrected chi connectivity index (χ4v) is 2.46. The normalized spacial score (nSPS) is 11.6. The Kier molecular flexibility index (Phi) is 5.58. The van der Waals surface area contributed by atoms with Crippen molar-refractivity contribution in [3.05, 3.63) is 65.2 Å². The first-order valence-corrected chi connectivity index (χ1v) is 7.66. The minimum Gasteiger partial charge on any atom is -0.497 e. The van der Waals surface area contributed by atoms with Crippen LogP contribution >= 0.6 is 0 Å². The number of hydrogen-bond donors (Lipinski definition) is 1. The van der Waals surface area contributed by atoms with Gasteiger partial charge in [-0.25, -0.2) is 4.79 Å². The first-order chi connectivity index (χ1) is 11.4. The molecule has 1 N–H and O–H groups in total. The third kappa shape index (κ3) is 3.93. The maximum atomic E-state index is 12.9. The van der Waals surface area contributed by atoms with E-state index in [1.54, 1.807) is 25.3 Å². The monoisotopic (exact) mass is 327 g/mol. The number of carboxylic acid groups (broad SMARTS) is 1. The number of amides is 1. The Labute approximate surface area is 141 Å². The smallest absolute Gasteiger partial charge is 0.326 e. The number of hydrogen-bond acceptors (Lipinski definition) is 3. The maximum absolute atomic E-state index is 12.9. The van der Waals surface area contributed by atoms with Gasteiger partial charge in [0.2, 0.25) is 0 Å². The molecule has 0 radical (unpaired) electrons. The molecule has 0 aliphatic rings. The van der Waals surface area contributed by atoms with Crippen molar-refractivity contribution in [2.24, 2.45) is 0 Å². The summed E-state index contributed by atoms with van der Waals surface area (Å²) in [4.78, 5) is 25.7. The molecule has 0 aliphatic heterocycles. The molecule has 1 unspecified atom stereocenters. The highest BCUT2D eigenvalue weighted by Crippen LogP contribution is 2.20. The van der Waals surface area contributed by atoms with Crippen molar-refractivity contribution < 1.29 is 19.4 Å². The lowest BCUT2D eigenvalue weighted by molar-refractivity contribution is -0.141. The molecule has 0 spiro atoms. The van der Waals surface area contributed by atoms with Crippen molar-refractivity contribution in [3.63, 3.8) is 0 Å². The van der Waals surface area contributed by atoms with E-state index in [4.69, 9.17) is 4.74 Å². The Morgan fingerprint density at radius 1 is 1.17 bits per heavy atom. The molecule has 0 aliphatic carbocycles. The molecule has 0 saturated heterocycles. The number of aryl methyl sites for hydroxylation is 1. The van der Waals surface area contributed by atoms with Crippen LogP contribution in [0.5, 0.6) is 5.75 Å². The van der Waals surface area contributed by atoms with Crippen molar-refractivity contribution in [3.8, 4) is 5.75 Å². The van der Waals surface area contributed by atoms with Gasteiger partial charge in [0.1, 0.15) is 11.8 Å². The van der Waals surface area contributed by atoms with Gasteiger partial charge in [-0.05, 0) is 43.2 Å². The first kappa shape index (κ1) is 17.5. The standard InChI is InChI=1S/C19H21NO4/c1-13-11-16(24-3)9-10-17(13)18(21)20(14(2)19(22)23)12-15-7-5-4-6-8-15/h4-11,14H,12H2,1-3H3,(H,22,23). The molecule has 2 rings (SSSR count). The average molecular weight is 327 g/mol. The Morgan fingerprint density at radius 2 is 1.83 bits per heavy atom. The van der Waals surface area contributed by atoms with Crippen LogP contribution in [0.3, 0.4) is 0 Å². The van der Waals surface area contributed by atoms with Gasteiger partial charge in [0.25, 0.3) is 5.91 Å². The van der Waals surface area contributed by atoms with E-state index in [0.29, 0.717) is 11.3 Å². The van der Waals surface area contributed by atoms with Gasteiger partial charge in [-0.2, -0.15) is 0 Å². The minimum absolute atomic E-state index is 0.235. The lowest BCUT2D eigenvalue weighted by Gasteiger charge is -2.27. The number of carboxylic acids is 1. The largest absolute Gasteiger partial charge is 0.497 e. The third-order valence-corrected chi connectivity index (χ3v) is 3.95. The van der Waals surface area contributed by atoms with Gasteiger partial charge in [-0.3, -0.25) is 4.79 Å². The van der Waals surface area contributed by atoms with Crippen LogP contribution in [0.15, 0.2) is 48.5 Å². The number of carbonyl (C=O) groups is 2. The van der Waals surface area contributed by atoms with E-state index in [0.717, 1.165) is 11.1 Å². The lowest BCUT2D eigenvalue weighted by atomic mass is 10.1. The van der Waals surface area contributed by atoms with Crippen molar-refractivity contribution in [2.45, 2.75) is 26.4 Å². The summed E-state index contributed by atoms with van der Waals surface area (Å²) in [7, 11) is 1.56. The molecule has 0 heterocycles. The molecular weight excluding hydrogens is 306 g/mol. The Hall–Kier alpha value is -2.82. The average Bonchev–Trinajstić information content (AvgIpc) is 2.59. The summed E-state index contributed by atoms with van der Waals surface area (Å²) in [5.74, 6) is -0.690. The van der Waals surface area contributed by atoms with Crippen LogP contribution in [0.4, 0.5) is 0 Å². The molecule has 24 heavy (non-hydrogen) atoms. The second kappa shape index (κ2) is 7.64. The summed E-state index contributed by atoms with van der Waals surface area (Å²) in [6, 6.07) is 13.5. The van der Waals surface area contributed by atoms with Crippen LogP contribution in [0.1, 0.15) is 28.4 Å². The first-order valence-electron chi connectivity index (χ1n) is 7.66. The number of rotatable bonds is 6. The van der Waals surface area contributed by atoms with Crippen LogP contribution in [0, 0.1) is 6.92 Å². The van der Waals surface area contributed by atoms with Gasteiger partial charge < -0.3 is 14.7 Å². The molecule has 0 aromatic heterocycles. The zero-order valence-corrected chi connectivity index (χ0v) is 14.0. The highest BCUT2D eigenvalue weighted by molar-refractivity contribution is 5.97. The molecule has 1 atom stereocenters. The number of nitrogens with zero attached hydrogens (tertiary/aromatic N) is 1. The van der Waals surface area contributed by atoms with Crippen molar-refractivity contribution in [1.82, 2.24) is 4.90 Å². The summed E-state index contributed by atoms with van der Waals surface area (Å²) in [6.07, 6.45) is 0. The van der Waals surface area contributed by atoms with Gasteiger partial charge in [-0.1, -0.05) is 30.3 Å². The second-order valence-electron chi connectivity index (χ2n) is 5.61. The topological polar surface area (TPSA) is 66.8 Å². The third-order valence-electron chi connectivity index (χ3n) is 3.95. The van der Waals surface area contributed by atoms with E-state index in [2.05, 4.69) is 0 Å². The Balaban J connectivity index is 2.35. The SMILES string of the molecule is COc1ccc(C(=O)N(Cc2ccccc2)C(C)C(=O)O)c(C)c1. The number of carbonyl (C=O) groups excluding carboxylic acids is 1. The summed E-state index contributed by atoms with van der Waals surface area (Å²) in [5.41, 5.74) is 2.10. The van der Waals surface area contributed by atoms with E-state index in [9.17, 15) is 14.7 Å². The van der Waals surface area contributed by atoms with Gasteiger partial charge in [-0.15, -0.1) is 0 Å². The fraction of sp³-hybridized carbons (Fsp3) is 0.263. The zero-order valence-electron chi connectivity index (χ0n) is 14.0. The van der Waals surface area contributed by atoms with Crippen LogP contribution < -0.4 is 4.74 Å². The lowest BCUT2D eigenvalue weighted by Crippen LogP contribution is -2.43. The van der Waals surface area contributed by atoms with Crippen LogP contribution in [0.2, 0.25) is 0 Å². The van der Waals surface area contributed by atoms with E-state index < -0.39 is 12.0 Å². The minimum atomic E-state index is -1.04. The van der Waals surface area contributed by atoms with Gasteiger partial charge in [0.05, 0.1) is 7.11 Å². The maximum Gasteiger partial charge on any atom is 0.326 e. The molecule has 5 heteroatoms. The van der Waals surface area contributed by atoms with E-state index in [-0.39, 0.29) is 12.5 Å². The van der Waals surface area contributed by atoms with E-state index >= 15 is 0 Å². The van der Waals surface area contributed by atoms with Crippen LogP contribution in [-0.2, 0) is 11.3 Å². The quantitative estimate of drug-likeness (QED) is 0.885. The van der Waals surface area contributed by atoms with Crippen LogP contribution in [-0.4, -0.2) is 35.0 Å². The number of ether oxygens (including phenoxy) is 1. The van der Waals surface area contributed by atoms with Crippen molar-refractivity contribution in [1.29, 1.82) is 0 Å². The molecular formula is C19H21NO4. The molecule has 2 aromatic carbocycles. The predicted molar refractivity (Wildman–Crippen MR) is 91.1 cm³/mol. The van der Waals surface area contributed by atoms with Gasteiger partial charge in [0, 0.05) is 12.1 Å². The highest BCUT2D eigenvalue weighted by Gasteiger charge is 2.27. The summed E-state index contributed by atoms with van der Waals surface area (Å²) >= 11 is 0. The zero-order chi connectivity index (χ0) is 17.7. The Morgan fingerprint density at radius 3 is 2.38 bits per heavy atom. The molecule has 0 fully saturated rings. The highest BCUT2D eigenvalue weighted by atomic mass is 16.5. The molecule has 5 nitrogen and oxygen atoms in total.